The predicted octanol–water partition coefficient (Wildman–Crippen LogP) is 3.96. The normalized spacial score (nSPS) is 10.8. The number of thioether (sulfide) groups is 2. The molecule has 2 rings (SSSR count). The van der Waals surface area contributed by atoms with Gasteiger partial charge in [0.15, 0.2) is 0 Å². The predicted molar refractivity (Wildman–Crippen MR) is 96.9 cm³/mol. The average molecular weight is 368 g/mol. The van der Waals surface area contributed by atoms with Crippen molar-refractivity contribution in [3.63, 3.8) is 0 Å². The summed E-state index contributed by atoms with van der Waals surface area (Å²) in [6.45, 7) is 4.44. The smallest absolute Gasteiger partial charge is 0.230 e. The molecule has 1 aromatic heterocycles. The van der Waals surface area contributed by atoms with E-state index in [1.54, 1.807) is 35.7 Å². The zero-order valence-electron chi connectivity index (χ0n) is 13.8. The first-order valence-electron chi connectivity index (χ1n) is 7.71. The van der Waals surface area contributed by atoms with Gasteiger partial charge in [-0.3, -0.25) is 4.79 Å². The number of carbonyl (C=O) groups excluding carboxylic acids is 1. The van der Waals surface area contributed by atoms with Crippen LogP contribution in [-0.4, -0.2) is 29.1 Å². The lowest BCUT2D eigenvalue weighted by Crippen LogP contribution is -2.26. The highest BCUT2D eigenvalue weighted by Crippen LogP contribution is 2.20. The molecule has 0 unspecified atom stereocenters. The van der Waals surface area contributed by atoms with Crippen molar-refractivity contribution in [1.29, 1.82) is 0 Å². The standard InChI is InChI=1S/C17H21FN2O2S2/c1-12-16(13(2)22-20-12)10-23-11-17(21)19-8-3-9-24-15-6-4-14(18)5-7-15/h4-7H,3,8-11H2,1-2H3,(H,19,21). The Morgan fingerprint density at radius 1 is 1.29 bits per heavy atom. The fourth-order valence-electron chi connectivity index (χ4n) is 2.03. The van der Waals surface area contributed by atoms with E-state index in [-0.39, 0.29) is 11.7 Å². The quantitative estimate of drug-likeness (QED) is 0.536. The Kier molecular flexibility index (Phi) is 7.65. The first-order chi connectivity index (χ1) is 11.6. The molecular formula is C17H21FN2O2S2. The van der Waals surface area contributed by atoms with E-state index >= 15 is 0 Å². The zero-order chi connectivity index (χ0) is 17.4. The van der Waals surface area contributed by atoms with Crippen molar-refractivity contribution in [3.05, 3.63) is 47.1 Å². The van der Waals surface area contributed by atoms with Gasteiger partial charge in [-0.15, -0.1) is 23.5 Å². The Hall–Kier alpha value is -1.47. The molecule has 1 N–H and O–H groups in total. The van der Waals surface area contributed by atoms with E-state index in [0.717, 1.165) is 39.8 Å². The van der Waals surface area contributed by atoms with E-state index in [9.17, 15) is 9.18 Å². The number of benzene rings is 1. The summed E-state index contributed by atoms with van der Waals surface area (Å²) in [5.41, 5.74) is 1.96. The van der Waals surface area contributed by atoms with Gasteiger partial charge >= 0.3 is 0 Å². The molecule has 0 spiro atoms. The van der Waals surface area contributed by atoms with Crippen molar-refractivity contribution < 1.29 is 13.7 Å². The summed E-state index contributed by atoms with van der Waals surface area (Å²) in [6, 6.07) is 6.45. The van der Waals surface area contributed by atoms with Crippen LogP contribution < -0.4 is 5.32 Å². The van der Waals surface area contributed by atoms with Gasteiger partial charge in [-0.25, -0.2) is 4.39 Å². The summed E-state index contributed by atoms with van der Waals surface area (Å²) in [5, 5.41) is 6.82. The van der Waals surface area contributed by atoms with Crippen LogP contribution in [0.15, 0.2) is 33.7 Å². The SMILES string of the molecule is Cc1noc(C)c1CSCC(=O)NCCCSc1ccc(F)cc1. The molecule has 0 atom stereocenters. The maximum absolute atomic E-state index is 12.8. The summed E-state index contributed by atoms with van der Waals surface area (Å²) in [4.78, 5) is 12.8. The second-order valence-corrected chi connectivity index (χ2v) is 7.46. The topological polar surface area (TPSA) is 55.1 Å². The number of nitrogens with zero attached hydrogens (tertiary/aromatic N) is 1. The molecule has 0 saturated heterocycles. The molecule has 4 nitrogen and oxygen atoms in total. The van der Waals surface area contributed by atoms with Crippen LogP contribution in [0, 0.1) is 19.7 Å². The number of aromatic nitrogens is 1. The molecule has 2 aromatic rings. The van der Waals surface area contributed by atoms with Gasteiger partial charge in [-0.1, -0.05) is 5.16 Å². The van der Waals surface area contributed by atoms with Crippen LogP contribution in [-0.2, 0) is 10.5 Å². The fourth-order valence-corrected chi connectivity index (χ4v) is 3.88. The molecule has 7 heteroatoms. The first-order valence-corrected chi connectivity index (χ1v) is 9.85. The number of hydrogen-bond donors (Lipinski definition) is 1. The molecule has 0 bridgehead atoms. The Bertz CT molecular complexity index is 640. The number of halogens is 1. The second-order valence-electron chi connectivity index (χ2n) is 5.30. The molecule has 0 aliphatic rings. The highest BCUT2D eigenvalue weighted by atomic mass is 32.2. The van der Waals surface area contributed by atoms with E-state index < -0.39 is 0 Å². The monoisotopic (exact) mass is 368 g/mol. The number of amides is 1. The Balaban J connectivity index is 1.54. The third-order valence-electron chi connectivity index (χ3n) is 3.39. The number of carbonyl (C=O) groups is 1. The summed E-state index contributed by atoms with van der Waals surface area (Å²) in [6.07, 6.45) is 0.877. The summed E-state index contributed by atoms with van der Waals surface area (Å²) in [5.74, 6) is 2.68. The van der Waals surface area contributed by atoms with Crippen molar-refractivity contribution in [2.24, 2.45) is 0 Å². The van der Waals surface area contributed by atoms with Crippen LogP contribution in [0.25, 0.3) is 0 Å². The molecule has 0 radical (unpaired) electrons. The van der Waals surface area contributed by atoms with Gasteiger partial charge in [0.05, 0.1) is 11.4 Å². The second kappa shape index (κ2) is 9.74. The van der Waals surface area contributed by atoms with Crippen molar-refractivity contribution in [2.45, 2.75) is 30.9 Å². The highest BCUT2D eigenvalue weighted by Gasteiger charge is 2.09. The zero-order valence-corrected chi connectivity index (χ0v) is 15.4. The maximum Gasteiger partial charge on any atom is 0.230 e. The van der Waals surface area contributed by atoms with E-state index in [2.05, 4.69) is 10.5 Å². The molecule has 0 fully saturated rings. The lowest BCUT2D eigenvalue weighted by Gasteiger charge is -2.05. The van der Waals surface area contributed by atoms with Gasteiger partial charge < -0.3 is 9.84 Å². The van der Waals surface area contributed by atoms with E-state index in [4.69, 9.17) is 4.52 Å². The Morgan fingerprint density at radius 2 is 2.04 bits per heavy atom. The molecule has 1 aromatic carbocycles. The van der Waals surface area contributed by atoms with Crippen molar-refractivity contribution in [2.75, 3.05) is 18.1 Å². The van der Waals surface area contributed by atoms with Crippen LogP contribution in [0.1, 0.15) is 23.4 Å². The van der Waals surface area contributed by atoms with Crippen LogP contribution in [0.5, 0.6) is 0 Å². The molecule has 24 heavy (non-hydrogen) atoms. The largest absolute Gasteiger partial charge is 0.361 e. The maximum atomic E-state index is 12.8. The Labute approximate surface area is 149 Å². The van der Waals surface area contributed by atoms with Crippen LogP contribution in [0.3, 0.4) is 0 Å². The lowest BCUT2D eigenvalue weighted by molar-refractivity contribution is -0.118. The minimum atomic E-state index is -0.222. The molecule has 0 aliphatic carbocycles. The van der Waals surface area contributed by atoms with Gasteiger partial charge in [0, 0.05) is 22.8 Å². The average Bonchev–Trinajstić information content (AvgIpc) is 2.88. The fraction of sp³-hybridized carbons (Fsp3) is 0.412. The van der Waals surface area contributed by atoms with Crippen molar-refractivity contribution in [1.82, 2.24) is 10.5 Å². The van der Waals surface area contributed by atoms with Crippen LogP contribution >= 0.6 is 23.5 Å². The minimum absolute atomic E-state index is 0.0403. The van der Waals surface area contributed by atoms with Gasteiger partial charge in [0.25, 0.3) is 0 Å². The number of aryl methyl sites for hydroxylation is 2. The lowest BCUT2D eigenvalue weighted by atomic mass is 10.2. The van der Waals surface area contributed by atoms with Gasteiger partial charge in [-0.05, 0) is 50.3 Å². The Morgan fingerprint density at radius 3 is 2.71 bits per heavy atom. The molecule has 1 heterocycles. The van der Waals surface area contributed by atoms with Crippen LogP contribution in [0.4, 0.5) is 4.39 Å². The first kappa shape index (κ1) is 18.9. The molecule has 0 saturated carbocycles. The van der Waals surface area contributed by atoms with Crippen molar-refractivity contribution in [3.8, 4) is 0 Å². The van der Waals surface area contributed by atoms with E-state index in [1.807, 2.05) is 13.8 Å². The summed E-state index contributed by atoms with van der Waals surface area (Å²) >= 11 is 3.22. The number of rotatable bonds is 9. The van der Waals surface area contributed by atoms with E-state index in [1.165, 1.54) is 12.1 Å². The summed E-state index contributed by atoms with van der Waals surface area (Å²) in [7, 11) is 0. The third-order valence-corrected chi connectivity index (χ3v) is 5.44. The molecule has 130 valence electrons. The van der Waals surface area contributed by atoms with Gasteiger partial charge in [0.1, 0.15) is 11.6 Å². The number of nitrogens with one attached hydrogen (secondary N) is 1. The third kappa shape index (κ3) is 6.20. The molecule has 0 aliphatic heterocycles. The van der Waals surface area contributed by atoms with E-state index in [0.29, 0.717) is 12.3 Å². The van der Waals surface area contributed by atoms with Crippen molar-refractivity contribution >= 4 is 29.4 Å². The summed E-state index contributed by atoms with van der Waals surface area (Å²) < 4.78 is 17.9. The molecule has 1 amide bonds. The minimum Gasteiger partial charge on any atom is -0.361 e. The van der Waals surface area contributed by atoms with Gasteiger partial charge in [-0.2, -0.15) is 0 Å². The van der Waals surface area contributed by atoms with Crippen LogP contribution in [0.2, 0.25) is 0 Å². The molecular weight excluding hydrogens is 347 g/mol. The highest BCUT2D eigenvalue weighted by molar-refractivity contribution is 7.99. The number of hydrogen-bond acceptors (Lipinski definition) is 5. The van der Waals surface area contributed by atoms with Gasteiger partial charge in [0.2, 0.25) is 5.91 Å².